The minimum Gasteiger partial charge on any atom is -0.281 e. The second kappa shape index (κ2) is 13.4. The summed E-state index contributed by atoms with van der Waals surface area (Å²) in [6.07, 6.45) is 15.0. The van der Waals surface area contributed by atoms with Gasteiger partial charge in [-0.25, -0.2) is 0 Å². The molecule has 0 aliphatic rings. The van der Waals surface area contributed by atoms with E-state index >= 15 is 0 Å². The van der Waals surface area contributed by atoms with E-state index in [4.69, 9.17) is 11.6 Å². The highest BCUT2D eigenvalue weighted by Gasteiger charge is 1.97. The van der Waals surface area contributed by atoms with Gasteiger partial charge in [-0.1, -0.05) is 78.1 Å². The van der Waals surface area contributed by atoms with Crippen molar-refractivity contribution in [2.45, 2.75) is 90.9 Å². The fraction of sp³-hybridized carbons (Fsp3) is 0.938. The zero-order valence-electron chi connectivity index (χ0n) is 12.3. The summed E-state index contributed by atoms with van der Waals surface area (Å²) in [4.78, 5) is 10.5. The highest BCUT2D eigenvalue weighted by Crippen LogP contribution is 2.13. The lowest BCUT2D eigenvalue weighted by molar-refractivity contribution is -0.111. The second-order valence-electron chi connectivity index (χ2n) is 5.82. The van der Waals surface area contributed by atoms with Gasteiger partial charge in [0.25, 0.3) is 0 Å². The van der Waals surface area contributed by atoms with Gasteiger partial charge in [0.05, 0.1) is 0 Å². The van der Waals surface area contributed by atoms with E-state index in [0.717, 1.165) is 18.8 Å². The first-order valence-corrected chi connectivity index (χ1v) is 8.19. The van der Waals surface area contributed by atoms with Crippen molar-refractivity contribution in [3.8, 4) is 0 Å². The SMILES string of the molecule is CC(C)CCCCCCCCCCCCC(=O)Cl. The standard InChI is InChI=1S/C16H31ClO/c1-15(2)13-11-9-7-5-3-4-6-8-10-12-14-16(17)18/h15H,3-14H2,1-2H3. The molecule has 0 spiro atoms. The van der Waals surface area contributed by atoms with Crippen LogP contribution in [0.2, 0.25) is 0 Å². The predicted molar refractivity (Wildman–Crippen MR) is 81.1 cm³/mol. The van der Waals surface area contributed by atoms with Crippen LogP contribution in [0, 0.1) is 5.92 Å². The molecule has 0 N–H and O–H groups in total. The first-order valence-electron chi connectivity index (χ1n) is 7.81. The lowest BCUT2D eigenvalue weighted by Crippen LogP contribution is -1.88. The molecule has 0 aromatic carbocycles. The van der Waals surface area contributed by atoms with Crippen LogP contribution in [0.15, 0.2) is 0 Å². The van der Waals surface area contributed by atoms with Gasteiger partial charge in [-0.05, 0) is 23.9 Å². The van der Waals surface area contributed by atoms with Crippen LogP contribution >= 0.6 is 11.6 Å². The number of carbonyl (C=O) groups excluding carboxylic acids is 1. The number of hydrogen-bond acceptors (Lipinski definition) is 1. The van der Waals surface area contributed by atoms with E-state index in [9.17, 15) is 4.79 Å². The van der Waals surface area contributed by atoms with Crippen LogP contribution in [-0.2, 0) is 4.79 Å². The Hall–Kier alpha value is -0.0400. The van der Waals surface area contributed by atoms with Gasteiger partial charge in [0.2, 0.25) is 5.24 Å². The lowest BCUT2D eigenvalue weighted by Gasteiger charge is -2.04. The maximum atomic E-state index is 10.5. The molecule has 0 fully saturated rings. The van der Waals surface area contributed by atoms with Crippen LogP contribution < -0.4 is 0 Å². The van der Waals surface area contributed by atoms with Crippen molar-refractivity contribution < 1.29 is 4.79 Å². The highest BCUT2D eigenvalue weighted by atomic mass is 35.5. The fourth-order valence-electron chi connectivity index (χ4n) is 2.23. The van der Waals surface area contributed by atoms with Crippen LogP contribution in [0.25, 0.3) is 0 Å². The molecule has 2 heteroatoms. The molecule has 0 aromatic heterocycles. The maximum absolute atomic E-state index is 10.5. The van der Waals surface area contributed by atoms with Gasteiger partial charge in [-0.2, -0.15) is 0 Å². The molecule has 0 aliphatic heterocycles. The summed E-state index contributed by atoms with van der Waals surface area (Å²) in [5.74, 6) is 0.866. The quantitative estimate of drug-likeness (QED) is 0.293. The van der Waals surface area contributed by atoms with Crippen LogP contribution in [0.5, 0.6) is 0 Å². The second-order valence-corrected chi connectivity index (χ2v) is 6.24. The Morgan fingerprint density at radius 3 is 1.56 bits per heavy atom. The Balaban J connectivity index is 2.97. The number of rotatable bonds is 13. The Labute approximate surface area is 119 Å². The maximum Gasteiger partial charge on any atom is 0.221 e. The summed E-state index contributed by atoms with van der Waals surface area (Å²) in [5, 5.41) is -0.184. The van der Waals surface area contributed by atoms with Crippen LogP contribution in [-0.4, -0.2) is 5.24 Å². The third-order valence-corrected chi connectivity index (χ3v) is 3.59. The van der Waals surface area contributed by atoms with Crippen molar-refractivity contribution in [1.29, 1.82) is 0 Å². The average molecular weight is 275 g/mol. The molecule has 0 saturated carbocycles. The van der Waals surface area contributed by atoms with Gasteiger partial charge in [0.1, 0.15) is 0 Å². The molecule has 0 aliphatic carbocycles. The smallest absolute Gasteiger partial charge is 0.221 e. The van der Waals surface area contributed by atoms with E-state index < -0.39 is 0 Å². The molecular formula is C16H31ClO. The van der Waals surface area contributed by atoms with Gasteiger partial charge in [-0.3, -0.25) is 4.79 Å². The molecule has 0 radical (unpaired) electrons. The van der Waals surface area contributed by atoms with Gasteiger partial charge >= 0.3 is 0 Å². The molecule has 0 saturated heterocycles. The van der Waals surface area contributed by atoms with E-state index in [1.165, 1.54) is 57.8 Å². The molecule has 18 heavy (non-hydrogen) atoms. The molecule has 0 rings (SSSR count). The van der Waals surface area contributed by atoms with E-state index in [1.54, 1.807) is 0 Å². The van der Waals surface area contributed by atoms with Crippen LogP contribution in [0.4, 0.5) is 0 Å². The number of hydrogen-bond donors (Lipinski definition) is 0. The molecule has 0 atom stereocenters. The van der Waals surface area contributed by atoms with Gasteiger partial charge < -0.3 is 0 Å². The number of carbonyl (C=O) groups is 1. The Morgan fingerprint density at radius 2 is 1.17 bits per heavy atom. The molecule has 0 aromatic rings. The van der Waals surface area contributed by atoms with Crippen molar-refractivity contribution >= 4 is 16.8 Å². The molecular weight excluding hydrogens is 244 g/mol. The van der Waals surface area contributed by atoms with E-state index in [1.807, 2.05) is 0 Å². The minimum atomic E-state index is -0.184. The minimum absolute atomic E-state index is 0.184. The Kier molecular flexibility index (Phi) is 13.4. The third-order valence-electron chi connectivity index (χ3n) is 3.40. The van der Waals surface area contributed by atoms with Crippen LogP contribution in [0.3, 0.4) is 0 Å². The van der Waals surface area contributed by atoms with Crippen molar-refractivity contribution in [2.75, 3.05) is 0 Å². The lowest BCUT2D eigenvalue weighted by atomic mass is 10.0. The fourth-order valence-corrected chi connectivity index (χ4v) is 2.36. The van der Waals surface area contributed by atoms with Crippen LogP contribution in [0.1, 0.15) is 90.9 Å². The molecule has 1 nitrogen and oxygen atoms in total. The monoisotopic (exact) mass is 274 g/mol. The van der Waals surface area contributed by atoms with E-state index in [2.05, 4.69) is 13.8 Å². The summed E-state index contributed by atoms with van der Waals surface area (Å²) in [6, 6.07) is 0. The van der Waals surface area contributed by atoms with Crippen molar-refractivity contribution in [1.82, 2.24) is 0 Å². The summed E-state index contributed by atoms with van der Waals surface area (Å²) in [5.41, 5.74) is 0. The molecule has 0 amide bonds. The number of unbranched alkanes of at least 4 members (excludes halogenated alkanes) is 9. The number of halogens is 1. The summed E-state index contributed by atoms with van der Waals surface area (Å²) in [6.45, 7) is 4.61. The molecule has 0 bridgehead atoms. The molecule has 108 valence electrons. The van der Waals surface area contributed by atoms with Crippen molar-refractivity contribution in [3.05, 3.63) is 0 Å². The van der Waals surface area contributed by atoms with Crippen molar-refractivity contribution in [3.63, 3.8) is 0 Å². The molecule has 0 heterocycles. The van der Waals surface area contributed by atoms with E-state index in [-0.39, 0.29) is 5.24 Å². The average Bonchev–Trinajstić information content (AvgIpc) is 2.29. The summed E-state index contributed by atoms with van der Waals surface area (Å²) in [7, 11) is 0. The third kappa shape index (κ3) is 16.0. The van der Waals surface area contributed by atoms with Gasteiger partial charge in [0.15, 0.2) is 0 Å². The summed E-state index contributed by atoms with van der Waals surface area (Å²) < 4.78 is 0. The largest absolute Gasteiger partial charge is 0.281 e. The van der Waals surface area contributed by atoms with Gasteiger partial charge in [0, 0.05) is 6.42 Å². The van der Waals surface area contributed by atoms with Gasteiger partial charge in [-0.15, -0.1) is 0 Å². The normalized spacial score (nSPS) is 11.1. The predicted octanol–water partition coefficient (Wildman–Crippen LogP) is 6.09. The molecule has 0 unspecified atom stereocenters. The zero-order chi connectivity index (χ0) is 13.6. The van der Waals surface area contributed by atoms with E-state index in [0.29, 0.717) is 6.42 Å². The first kappa shape index (κ1) is 18.0. The van der Waals surface area contributed by atoms with Crippen molar-refractivity contribution in [2.24, 2.45) is 5.92 Å². The zero-order valence-corrected chi connectivity index (χ0v) is 13.1. The Morgan fingerprint density at radius 1 is 0.778 bits per heavy atom. The topological polar surface area (TPSA) is 17.1 Å². The highest BCUT2D eigenvalue weighted by molar-refractivity contribution is 6.63. The first-order chi connectivity index (χ1) is 8.63. The Bertz CT molecular complexity index is 190. The summed E-state index contributed by atoms with van der Waals surface area (Å²) >= 11 is 5.28.